The quantitative estimate of drug-likeness (QED) is 0.657. The van der Waals surface area contributed by atoms with E-state index in [1.165, 1.54) is 22.2 Å². The predicted octanol–water partition coefficient (Wildman–Crippen LogP) is 2.44. The summed E-state index contributed by atoms with van der Waals surface area (Å²) in [5.41, 5.74) is 3.79. The van der Waals surface area contributed by atoms with E-state index >= 15 is 0 Å². The molecule has 0 amide bonds. The highest BCUT2D eigenvalue weighted by molar-refractivity contribution is 6.31. The summed E-state index contributed by atoms with van der Waals surface area (Å²) < 4.78 is 2.22. The number of rotatable bonds is 0. The Morgan fingerprint density at radius 3 is 3.13 bits per heavy atom. The van der Waals surface area contributed by atoms with Gasteiger partial charge < -0.3 is 4.98 Å². The molecule has 1 aliphatic heterocycles. The second-order valence-electron chi connectivity index (χ2n) is 4.07. The summed E-state index contributed by atoms with van der Waals surface area (Å²) in [5, 5.41) is 2.02. The lowest BCUT2D eigenvalue weighted by molar-refractivity contribution is -0.493. The summed E-state index contributed by atoms with van der Waals surface area (Å²) >= 11 is 6.01. The molecule has 0 atom stereocenters. The maximum atomic E-state index is 6.01. The van der Waals surface area contributed by atoms with E-state index in [9.17, 15) is 0 Å². The molecule has 3 heteroatoms. The number of aromatic amines is 1. The molecule has 0 radical (unpaired) electrons. The molecule has 3 rings (SSSR count). The first kappa shape index (κ1) is 8.98. The number of hydrogen-bond acceptors (Lipinski definition) is 0. The van der Waals surface area contributed by atoms with Gasteiger partial charge in [-0.15, -0.1) is 0 Å². The van der Waals surface area contributed by atoms with E-state index in [-0.39, 0.29) is 0 Å². The zero-order valence-corrected chi connectivity index (χ0v) is 9.30. The van der Waals surface area contributed by atoms with Gasteiger partial charge >= 0.3 is 0 Å². The highest BCUT2D eigenvalue weighted by Crippen LogP contribution is 2.25. The van der Waals surface area contributed by atoms with Crippen LogP contribution in [0.1, 0.15) is 11.3 Å². The Hall–Kier alpha value is -1.28. The lowest BCUT2D eigenvalue weighted by Gasteiger charge is -2.04. The highest BCUT2D eigenvalue weighted by atomic mass is 35.5. The fourth-order valence-corrected chi connectivity index (χ4v) is 2.33. The Bertz CT molecular complexity index is 566. The Kier molecular flexibility index (Phi) is 1.86. The third-order valence-corrected chi connectivity index (χ3v) is 3.18. The van der Waals surface area contributed by atoms with Crippen LogP contribution in [-0.2, 0) is 6.42 Å². The molecule has 1 N–H and O–H groups in total. The molecule has 1 aromatic heterocycles. The zero-order valence-electron chi connectivity index (χ0n) is 8.55. The van der Waals surface area contributed by atoms with Crippen LogP contribution in [0.15, 0.2) is 18.2 Å². The predicted molar refractivity (Wildman–Crippen MR) is 63.2 cm³/mol. The molecule has 0 saturated carbocycles. The van der Waals surface area contributed by atoms with Crippen LogP contribution in [0.5, 0.6) is 0 Å². The highest BCUT2D eigenvalue weighted by Gasteiger charge is 2.18. The average Bonchev–Trinajstić information content (AvgIpc) is 2.56. The lowest BCUT2D eigenvalue weighted by Crippen LogP contribution is -2.18. The minimum absolute atomic E-state index is 0.797. The van der Waals surface area contributed by atoms with Crippen molar-refractivity contribution in [3.8, 4) is 0 Å². The van der Waals surface area contributed by atoms with Crippen LogP contribution in [-0.4, -0.2) is 29.4 Å². The maximum absolute atomic E-state index is 6.01. The number of hydrogen-bond donors (Lipinski definition) is 1. The minimum atomic E-state index is 0.797. The smallest absolute Gasteiger partial charge is 0.172 e. The van der Waals surface area contributed by atoms with E-state index in [4.69, 9.17) is 11.6 Å². The number of likely N-dealkylation sites (N-methyl/N-ethyl adjacent to an activating group) is 1. The standard InChI is InChI=1S/C12H11ClN2/c1-15-5-4-12-10(7-15)9-6-8(13)2-3-11(9)14-12/h2-3,6-7H,4-5H2,1H3/p+1. The molecule has 1 aliphatic rings. The number of halogens is 1. The monoisotopic (exact) mass is 219 g/mol. The van der Waals surface area contributed by atoms with Crippen molar-refractivity contribution in [3.05, 3.63) is 34.5 Å². The van der Waals surface area contributed by atoms with Crippen molar-refractivity contribution in [3.63, 3.8) is 0 Å². The number of H-pyrrole nitrogens is 1. The summed E-state index contributed by atoms with van der Waals surface area (Å²) in [6.45, 7) is 1.08. The first-order valence-electron chi connectivity index (χ1n) is 5.09. The van der Waals surface area contributed by atoms with Gasteiger partial charge in [-0.05, 0) is 18.2 Å². The Morgan fingerprint density at radius 1 is 1.40 bits per heavy atom. The summed E-state index contributed by atoms with van der Waals surface area (Å²) in [4.78, 5) is 3.45. The summed E-state index contributed by atoms with van der Waals surface area (Å²) in [7, 11) is 2.10. The van der Waals surface area contributed by atoms with Gasteiger partial charge in [0.15, 0.2) is 6.21 Å². The van der Waals surface area contributed by atoms with Crippen LogP contribution in [0, 0.1) is 0 Å². The van der Waals surface area contributed by atoms with Crippen LogP contribution >= 0.6 is 11.6 Å². The molecular formula is C12H12ClN2+. The van der Waals surface area contributed by atoms with Crippen molar-refractivity contribution in [2.75, 3.05) is 13.6 Å². The van der Waals surface area contributed by atoms with Crippen LogP contribution < -0.4 is 0 Å². The summed E-state index contributed by atoms with van der Waals surface area (Å²) in [5.74, 6) is 0. The van der Waals surface area contributed by atoms with E-state index in [0.29, 0.717) is 0 Å². The van der Waals surface area contributed by atoms with E-state index in [0.717, 1.165) is 18.0 Å². The molecule has 0 bridgehead atoms. The second-order valence-corrected chi connectivity index (χ2v) is 4.50. The van der Waals surface area contributed by atoms with Crippen molar-refractivity contribution in [2.24, 2.45) is 0 Å². The molecule has 2 heterocycles. The Morgan fingerprint density at radius 2 is 2.27 bits per heavy atom. The molecule has 2 nitrogen and oxygen atoms in total. The largest absolute Gasteiger partial charge is 0.357 e. The van der Waals surface area contributed by atoms with Crippen molar-refractivity contribution in [1.29, 1.82) is 0 Å². The molecular weight excluding hydrogens is 208 g/mol. The zero-order chi connectivity index (χ0) is 10.4. The summed E-state index contributed by atoms with van der Waals surface area (Å²) in [6.07, 6.45) is 3.27. The van der Waals surface area contributed by atoms with Gasteiger partial charge in [-0.3, -0.25) is 0 Å². The minimum Gasteiger partial charge on any atom is -0.357 e. The fourth-order valence-electron chi connectivity index (χ4n) is 2.16. The molecule has 1 aromatic carbocycles. The first-order chi connectivity index (χ1) is 7.24. The van der Waals surface area contributed by atoms with Gasteiger partial charge in [0.2, 0.25) is 0 Å². The van der Waals surface area contributed by atoms with Crippen molar-refractivity contribution >= 4 is 28.7 Å². The van der Waals surface area contributed by atoms with Gasteiger partial charge in [0.25, 0.3) is 0 Å². The molecule has 0 saturated heterocycles. The molecule has 0 aliphatic carbocycles. The van der Waals surface area contributed by atoms with Gasteiger partial charge in [-0.25, -0.2) is 4.58 Å². The number of aromatic nitrogens is 1. The van der Waals surface area contributed by atoms with E-state index in [1.807, 2.05) is 18.2 Å². The number of benzene rings is 1. The number of fused-ring (bicyclic) bond motifs is 3. The molecule has 0 fully saturated rings. The van der Waals surface area contributed by atoms with Crippen molar-refractivity contribution < 1.29 is 4.58 Å². The van der Waals surface area contributed by atoms with Gasteiger partial charge in [0.05, 0.1) is 5.56 Å². The van der Waals surface area contributed by atoms with Gasteiger partial charge in [-0.2, -0.15) is 0 Å². The second kappa shape index (κ2) is 3.11. The first-order valence-corrected chi connectivity index (χ1v) is 5.47. The third-order valence-electron chi connectivity index (χ3n) is 2.95. The fraction of sp³-hybridized carbons (Fsp3) is 0.250. The van der Waals surface area contributed by atoms with Gasteiger partial charge in [-0.1, -0.05) is 11.6 Å². The molecule has 76 valence electrons. The Labute approximate surface area is 93.2 Å². The SMILES string of the molecule is C[N+]1=Cc2c([nH]c3ccc(Cl)cc23)CC1. The Balaban J connectivity index is 2.36. The van der Waals surface area contributed by atoms with E-state index in [2.05, 4.69) is 22.8 Å². The average molecular weight is 220 g/mol. The van der Waals surface area contributed by atoms with Crippen molar-refractivity contribution in [1.82, 2.24) is 4.98 Å². The number of nitrogens with one attached hydrogen (secondary N) is 1. The number of nitrogens with zero attached hydrogens (tertiary/aromatic N) is 1. The normalized spacial score (nSPS) is 15.2. The summed E-state index contributed by atoms with van der Waals surface area (Å²) in [6, 6.07) is 6.00. The van der Waals surface area contributed by atoms with Crippen molar-refractivity contribution in [2.45, 2.75) is 6.42 Å². The third kappa shape index (κ3) is 1.37. The van der Waals surface area contributed by atoms with Crippen LogP contribution in [0.3, 0.4) is 0 Å². The van der Waals surface area contributed by atoms with Crippen LogP contribution in [0.2, 0.25) is 5.02 Å². The molecule has 0 unspecified atom stereocenters. The van der Waals surface area contributed by atoms with Crippen LogP contribution in [0.25, 0.3) is 10.9 Å². The lowest BCUT2D eigenvalue weighted by atomic mass is 10.1. The molecule has 15 heavy (non-hydrogen) atoms. The maximum Gasteiger partial charge on any atom is 0.172 e. The van der Waals surface area contributed by atoms with E-state index in [1.54, 1.807) is 0 Å². The topological polar surface area (TPSA) is 18.8 Å². The molecule has 2 aromatic rings. The van der Waals surface area contributed by atoms with E-state index < -0.39 is 0 Å². The van der Waals surface area contributed by atoms with Gasteiger partial charge in [0, 0.05) is 28.0 Å². The van der Waals surface area contributed by atoms with Crippen LogP contribution in [0.4, 0.5) is 0 Å². The molecule has 0 spiro atoms. The van der Waals surface area contributed by atoms with Gasteiger partial charge in [0.1, 0.15) is 13.6 Å².